The van der Waals surface area contributed by atoms with Gasteiger partial charge >= 0.3 is 11.9 Å². The van der Waals surface area contributed by atoms with Crippen LogP contribution in [0.5, 0.6) is 0 Å². The Morgan fingerprint density at radius 2 is 1.71 bits per heavy atom. The average molecular weight is 503 g/mol. The first-order valence-electron chi connectivity index (χ1n) is 11.3. The molecular weight excluding hydrogens is 464 g/mol. The number of carbonyl (C=O) groups is 3. The highest BCUT2D eigenvalue weighted by Gasteiger charge is 2.44. The molecule has 9 N–H and O–H groups in total. The number of ketones is 1. The highest BCUT2D eigenvalue weighted by atomic mass is 16.7. The lowest BCUT2D eigenvalue weighted by molar-refractivity contribution is -0.199. The van der Waals surface area contributed by atoms with Gasteiger partial charge in [0.25, 0.3) is 0 Å². The third-order valence-corrected chi connectivity index (χ3v) is 5.38. The topological polar surface area (TPSA) is 230 Å². The van der Waals surface area contributed by atoms with Gasteiger partial charge in [-0.05, 0) is 18.9 Å². The minimum absolute atomic E-state index is 0.167. The van der Waals surface area contributed by atoms with Crippen molar-refractivity contribution in [1.29, 1.82) is 0 Å². The minimum atomic E-state index is -1.71. The van der Waals surface area contributed by atoms with Crippen molar-refractivity contribution in [2.45, 2.75) is 77.7 Å². The molecule has 35 heavy (non-hydrogen) atoms. The van der Waals surface area contributed by atoms with Crippen molar-refractivity contribution in [3.05, 3.63) is 11.8 Å². The first kappa shape index (κ1) is 30.3. The van der Waals surface area contributed by atoms with E-state index in [-0.39, 0.29) is 24.1 Å². The van der Waals surface area contributed by atoms with Crippen LogP contribution in [-0.4, -0.2) is 82.3 Å². The fourth-order valence-corrected chi connectivity index (χ4v) is 3.31. The van der Waals surface area contributed by atoms with E-state index in [2.05, 4.69) is 4.99 Å². The maximum atomic E-state index is 13.0. The molecule has 1 rings (SSSR count). The Morgan fingerprint density at radius 3 is 2.17 bits per heavy atom. The van der Waals surface area contributed by atoms with Gasteiger partial charge in [-0.1, -0.05) is 27.7 Å². The van der Waals surface area contributed by atoms with E-state index in [0.717, 1.165) is 0 Å². The molecule has 0 aromatic carbocycles. The lowest BCUT2D eigenvalue weighted by Gasteiger charge is -2.38. The lowest BCUT2D eigenvalue weighted by atomic mass is 9.83. The van der Waals surface area contributed by atoms with E-state index < -0.39 is 72.8 Å². The lowest BCUT2D eigenvalue weighted by Crippen LogP contribution is -2.51. The Morgan fingerprint density at radius 1 is 1.11 bits per heavy atom. The fraction of sp³-hybridized carbons (Fsp3) is 0.727. The zero-order valence-electron chi connectivity index (χ0n) is 20.7. The van der Waals surface area contributed by atoms with Crippen LogP contribution in [0.2, 0.25) is 0 Å². The van der Waals surface area contributed by atoms with Crippen LogP contribution in [0, 0.1) is 17.8 Å². The van der Waals surface area contributed by atoms with E-state index in [1.165, 1.54) is 13.0 Å². The molecule has 0 aromatic heterocycles. The van der Waals surface area contributed by atoms with Crippen molar-refractivity contribution in [2.24, 2.45) is 39.9 Å². The van der Waals surface area contributed by atoms with Crippen molar-refractivity contribution < 1.29 is 43.9 Å². The molecule has 0 saturated heterocycles. The Labute approximate surface area is 204 Å². The number of nitrogens with zero attached hydrogens (tertiary/aromatic N) is 1. The van der Waals surface area contributed by atoms with Gasteiger partial charge in [-0.25, -0.2) is 9.79 Å². The van der Waals surface area contributed by atoms with Crippen molar-refractivity contribution in [3.8, 4) is 0 Å². The fourth-order valence-electron chi connectivity index (χ4n) is 3.31. The summed E-state index contributed by atoms with van der Waals surface area (Å²) < 4.78 is 16.2. The zero-order valence-corrected chi connectivity index (χ0v) is 20.7. The molecule has 0 saturated carbocycles. The summed E-state index contributed by atoms with van der Waals surface area (Å²) in [5.41, 5.74) is 16.8. The van der Waals surface area contributed by atoms with E-state index in [9.17, 15) is 29.7 Å². The predicted molar refractivity (Wildman–Crippen MR) is 124 cm³/mol. The summed E-state index contributed by atoms with van der Waals surface area (Å²) in [5, 5.41) is 29.8. The predicted octanol–water partition coefficient (Wildman–Crippen LogP) is -1.73. The third kappa shape index (κ3) is 8.76. The van der Waals surface area contributed by atoms with Gasteiger partial charge < -0.3 is 51.5 Å². The van der Waals surface area contributed by atoms with Gasteiger partial charge in [0.1, 0.15) is 30.1 Å². The van der Waals surface area contributed by atoms with Crippen molar-refractivity contribution >= 4 is 23.7 Å². The van der Waals surface area contributed by atoms with Gasteiger partial charge in [0.2, 0.25) is 12.0 Å². The Hall–Kier alpha value is -2.74. The number of ether oxygens (including phenoxy) is 3. The highest BCUT2D eigenvalue weighted by molar-refractivity contribution is 5.87. The van der Waals surface area contributed by atoms with Crippen molar-refractivity contribution in [3.63, 3.8) is 0 Å². The minimum Gasteiger partial charge on any atom is -0.480 e. The Bertz CT molecular complexity index is 811. The van der Waals surface area contributed by atoms with Crippen LogP contribution in [-0.2, 0) is 28.6 Å². The van der Waals surface area contributed by atoms with Crippen LogP contribution in [0.15, 0.2) is 16.8 Å². The number of esters is 2. The van der Waals surface area contributed by atoms with Crippen molar-refractivity contribution in [2.75, 3.05) is 6.61 Å². The van der Waals surface area contributed by atoms with Crippen LogP contribution in [0.4, 0.5) is 0 Å². The smallest absolute Gasteiger partial charge is 0.376 e. The normalized spacial score (nSPS) is 23.4. The summed E-state index contributed by atoms with van der Waals surface area (Å²) in [6, 6.07) is -1.95. The number of aliphatic imine (C=N–C) groups is 1. The molecule has 13 heteroatoms. The van der Waals surface area contributed by atoms with Gasteiger partial charge in [-0.15, -0.1) is 0 Å². The first-order valence-corrected chi connectivity index (χ1v) is 11.3. The van der Waals surface area contributed by atoms with Gasteiger partial charge in [0, 0.05) is 18.3 Å². The quantitative estimate of drug-likeness (QED) is 0.0756. The monoisotopic (exact) mass is 502 g/mol. The summed E-state index contributed by atoms with van der Waals surface area (Å²) in [6.07, 6.45) is -4.99. The Balaban J connectivity index is 3.30. The van der Waals surface area contributed by atoms with Crippen molar-refractivity contribution in [1.82, 2.24) is 0 Å². The molecule has 1 aliphatic heterocycles. The summed E-state index contributed by atoms with van der Waals surface area (Å²) in [6.45, 7) is 7.25. The van der Waals surface area contributed by atoms with Crippen LogP contribution in [0.3, 0.4) is 0 Å². The molecule has 200 valence electrons. The zero-order chi connectivity index (χ0) is 27.0. The maximum absolute atomic E-state index is 13.0. The number of guanidine groups is 1. The van der Waals surface area contributed by atoms with E-state index in [1.807, 2.05) is 0 Å². The van der Waals surface area contributed by atoms with Crippen LogP contribution < -0.4 is 17.2 Å². The van der Waals surface area contributed by atoms with Crippen LogP contribution in [0.1, 0.15) is 41.0 Å². The summed E-state index contributed by atoms with van der Waals surface area (Å²) in [5.74, 6) is -4.47. The van der Waals surface area contributed by atoms with Gasteiger partial charge in [-0.3, -0.25) is 4.79 Å². The highest BCUT2D eigenvalue weighted by Crippen LogP contribution is 2.32. The maximum Gasteiger partial charge on any atom is 0.376 e. The molecule has 13 nitrogen and oxygen atoms in total. The number of carbonyl (C=O) groups excluding carboxylic acids is 3. The van der Waals surface area contributed by atoms with E-state index in [0.29, 0.717) is 0 Å². The molecule has 1 heterocycles. The second kappa shape index (κ2) is 13.4. The number of nitrogens with two attached hydrogens (primary N) is 3. The molecule has 0 aliphatic carbocycles. The summed E-state index contributed by atoms with van der Waals surface area (Å²) in [7, 11) is 0. The largest absolute Gasteiger partial charge is 0.480 e. The number of aliphatic hydroxyl groups excluding tert-OH is 3. The molecule has 0 fully saturated rings. The van der Waals surface area contributed by atoms with Gasteiger partial charge in [0.15, 0.2) is 5.96 Å². The number of hydrogen-bond acceptors (Lipinski definition) is 11. The molecule has 0 aromatic rings. The summed E-state index contributed by atoms with van der Waals surface area (Å²) in [4.78, 5) is 41.1. The standard InChI is InChI=1S/C22H38N4O9/c1-9(2)16(23)20(32)35-21(10(3)4)34-19(31)15-7-13(26-22(24)25)12(6-11(5)28)18(33-15)17(30)14(29)8-27/h7,9-10,12-14,16-18,21,27,29-30H,6,8,23H2,1-5H3,(H4,24,25,26)/t12-,13+,14-,16+,17+,18-,21?/m1/s1. The summed E-state index contributed by atoms with van der Waals surface area (Å²) >= 11 is 0. The second-order valence-electron chi connectivity index (χ2n) is 9.19. The molecule has 0 amide bonds. The van der Waals surface area contributed by atoms with E-state index >= 15 is 0 Å². The average Bonchev–Trinajstić information content (AvgIpc) is 2.76. The van der Waals surface area contributed by atoms with Crippen LogP contribution >= 0.6 is 0 Å². The number of Topliss-reactive ketones (excluding diaryl/α,β-unsaturated/α-hetero) is 1. The molecule has 0 spiro atoms. The number of aliphatic hydroxyl groups is 3. The van der Waals surface area contributed by atoms with E-state index in [4.69, 9.17) is 31.4 Å². The molecule has 1 unspecified atom stereocenters. The van der Waals surface area contributed by atoms with E-state index in [1.54, 1.807) is 27.7 Å². The SMILES string of the molecule is CC(=O)C[C@H]1[C@H]([C@@H](O)[C@H](O)CO)OC(C(=O)OC(OC(=O)[C@@H](N)C(C)C)C(C)C)=C[C@@H]1N=C(N)N. The van der Waals surface area contributed by atoms with Crippen LogP contribution in [0.25, 0.3) is 0 Å². The number of rotatable bonds is 12. The first-order chi connectivity index (χ1) is 16.2. The molecule has 1 aliphatic rings. The Kier molecular flexibility index (Phi) is 11.6. The molecule has 0 bridgehead atoms. The second-order valence-corrected chi connectivity index (χ2v) is 9.19. The molecule has 7 atom stereocenters. The van der Waals surface area contributed by atoms with Gasteiger partial charge in [-0.2, -0.15) is 0 Å². The third-order valence-electron chi connectivity index (χ3n) is 5.38. The molecule has 0 radical (unpaired) electrons. The molecular formula is C22H38N4O9. The van der Waals surface area contributed by atoms with Gasteiger partial charge in [0.05, 0.1) is 12.6 Å². The number of hydrogen-bond donors (Lipinski definition) is 6.